The normalized spacial score (nSPS) is 15.4. The summed E-state index contributed by atoms with van der Waals surface area (Å²) >= 11 is 1.28. The van der Waals surface area contributed by atoms with E-state index in [0.29, 0.717) is 17.9 Å². The van der Waals surface area contributed by atoms with Crippen LogP contribution < -0.4 is 21.7 Å². The molecule has 5 N–H and O–H groups in total. The van der Waals surface area contributed by atoms with Crippen LogP contribution in [0.5, 0.6) is 0 Å². The number of benzene rings is 1. The van der Waals surface area contributed by atoms with Gasteiger partial charge in [-0.1, -0.05) is 26.3 Å². The Morgan fingerprint density at radius 1 is 1.25 bits per heavy atom. The van der Waals surface area contributed by atoms with E-state index >= 15 is 0 Å². The van der Waals surface area contributed by atoms with Crippen LogP contribution in [0.2, 0.25) is 0 Å². The van der Waals surface area contributed by atoms with Crippen LogP contribution in [0.4, 0.5) is 10.1 Å². The Morgan fingerprint density at radius 2 is 1.90 bits per heavy atom. The number of allylic oxidation sites excluding steroid dienone is 1. The number of nitrogens with zero attached hydrogens (tertiary/aromatic N) is 1. The van der Waals surface area contributed by atoms with Gasteiger partial charge in [0, 0.05) is 30.4 Å². The third-order valence-corrected chi connectivity index (χ3v) is 7.92. The number of aryl methyl sites for hydroxylation is 1. The minimum atomic E-state index is -3.04. The number of nitrogens with two attached hydrogens (primary N) is 1. The van der Waals surface area contributed by atoms with Crippen LogP contribution in [-0.2, 0) is 25.8 Å². The van der Waals surface area contributed by atoms with Gasteiger partial charge in [-0.25, -0.2) is 17.8 Å². The highest BCUT2D eigenvalue weighted by Crippen LogP contribution is 2.17. The smallest absolute Gasteiger partial charge is 0.276 e. The van der Waals surface area contributed by atoms with Gasteiger partial charge < -0.3 is 26.5 Å². The topological polar surface area (TPSA) is 143 Å². The van der Waals surface area contributed by atoms with E-state index in [1.807, 2.05) is 41.7 Å². The molecule has 0 aliphatic carbocycles. The van der Waals surface area contributed by atoms with Crippen LogP contribution >= 0.6 is 11.8 Å². The second-order valence-corrected chi connectivity index (χ2v) is 11.6. The lowest BCUT2D eigenvalue weighted by molar-refractivity contribution is -0.115. The summed E-state index contributed by atoms with van der Waals surface area (Å²) in [4.78, 5) is 27.0. The van der Waals surface area contributed by atoms with Crippen LogP contribution in [0, 0.1) is 5.82 Å². The van der Waals surface area contributed by atoms with Crippen molar-refractivity contribution >= 4 is 44.5 Å². The van der Waals surface area contributed by atoms with E-state index in [-0.39, 0.29) is 35.8 Å². The van der Waals surface area contributed by atoms with Crippen LogP contribution in [-0.4, -0.2) is 76.6 Å². The standard InChI is InChI=1S/C15H27N3O3S2.C10H12FNO.C2H6.CH5N/c1-11(2)13(7-8-16-3)18-15(22-4)14(19)17-12-6-5-9-23(20,21)10-12;1-2-8-7-9(11)3-4-10(8)12-5-6-13;2*1-2/h12,16H,5-10H2,1-4H3,(H,17,19);3-4,6-7,12H,2,5H2,1H3;1-2H3;2H2,1H3/t12-;;;/m0.../s1. The fourth-order valence-electron chi connectivity index (χ4n) is 3.54. The number of aldehydes is 1. The number of amides is 1. The molecular weight excluding hydrogens is 553 g/mol. The summed E-state index contributed by atoms with van der Waals surface area (Å²) in [6.45, 7) is 10.9. The van der Waals surface area contributed by atoms with E-state index < -0.39 is 9.84 Å². The number of carbonyl (C=O) groups excluding carboxylic acids is 2. The number of hydrogen-bond donors (Lipinski definition) is 4. The van der Waals surface area contributed by atoms with Crippen molar-refractivity contribution in [3.8, 4) is 0 Å². The van der Waals surface area contributed by atoms with Crippen molar-refractivity contribution in [2.75, 3.05) is 50.3 Å². The number of nitrogens with one attached hydrogen (secondary N) is 3. The SMILES string of the molecule is CC.CCc1cc(F)ccc1NCC=O.CN.CNCCC(N=C(SC)C(=O)N[C@H]1CCCS(=O)(=O)C1)=C(C)C. The van der Waals surface area contributed by atoms with Gasteiger partial charge in [-0.2, -0.15) is 0 Å². The summed E-state index contributed by atoms with van der Waals surface area (Å²) in [7, 11) is 0.336. The van der Waals surface area contributed by atoms with Gasteiger partial charge in [0.1, 0.15) is 12.1 Å². The lowest BCUT2D eigenvalue weighted by Gasteiger charge is -2.23. The van der Waals surface area contributed by atoms with E-state index in [0.717, 1.165) is 48.2 Å². The molecule has 1 aromatic carbocycles. The number of thioether (sulfide) groups is 1. The zero-order valence-electron chi connectivity index (χ0n) is 25.4. The predicted octanol–water partition coefficient (Wildman–Crippen LogP) is 3.94. The van der Waals surface area contributed by atoms with Crippen LogP contribution in [0.1, 0.15) is 59.4 Å². The second-order valence-electron chi connectivity index (χ2n) is 8.55. The maximum atomic E-state index is 12.8. The number of aliphatic imine (C=N–C) groups is 1. The summed E-state index contributed by atoms with van der Waals surface area (Å²) in [5.41, 5.74) is 8.17. The molecule has 1 fully saturated rings. The number of hydrogen-bond acceptors (Lipinski definition) is 9. The summed E-state index contributed by atoms with van der Waals surface area (Å²) < 4.78 is 36.1. The molecule has 9 nitrogen and oxygen atoms in total. The first-order chi connectivity index (χ1) is 19.1. The predicted molar refractivity (Wildman–Crippen MR) is 169 cm³/mol. The molecule has 1 aromatic rings. The van der Waals surface area contributed by atoms with Gasteiger partial charge in [0.15, 0.2) is 14.9 Å². The molecule has 1 aliphatic rings. The highest BCUT2D eigenvalue weighted by Gasteiger charge is 2.27. The first kappa shape index (κ1) is 39.9. The lowest BCUT2D eigenvalue weighted by Crippen LogP contribution is -2.45. The van der Waals surface area contributed by atoms with E-state index in [2.05, 4.69) is 26.7 Å². The zero-order chi connectivity index (χ0) is 31.1. The minimum absolute atomic E-state index is 0.0235. The van der Waals surface area contributed by atoms with Crippen molar-refractivity contribution in [1.82, 2.24) is 10.6 Å². The summed E-state index contributed by atoms with van der Waals surface area (Å²) in [6, 6.07) is 4.20. The number of anilines is 1. The quantitative estimate of drug-likeness (QED) is 0.189. The van der Waals surface area contributed by atoms with Crippen LogP contribution in [0.15, 0.2) is 34.5 Å². The molecule has 1 heterocycles. The Balaban J connectivity index is 0. The van der Waals surface area contributed by atoms with Crippen molar-refractivity contribution in [2.45, 2.75) is 66.3 Å². The summed E-state index contributed by atoms with van der Waals surface area (Å²) in [5.74, 6) is -0.291. The fourth-order valence-corrected chi connectivity index (χ4v) is 5.62. The molecular formula is C28H50FN5O4S2. The molecule has 1 amide bonds. The fraction of sp³-hybridized carbons (Fsp3) is 0.607. The first-order valence-electron chi connectivity index (χ1n) is 13.5. The highest BCUT2D eigenvalue weighted by atomic mass is 32.2. The Bertz CT molecular complexity index is 1040. The van der Waals surface area contributed by atoms with Crippen molar-refractivity contribution in [2.24, 2.45) is 10.7 Å². The molecule has 1 atom stereocenters. The molecule has 0 unspecified atom stereocenters. The lowest BCUT2D eigenvalue weighted by atomic mass is 10.1. The molecule has 0 aromatic heterocycles. The van der Waals surface area contributed by atoms with Crippen molar-refractivity contribution < 1.29 is 22.4 Å². The molecule has 1 aliphatic heterocycles. The third kappa shape index (κ3) is 16.7. The molecule has 0 radical (unpaired) electrons. The van der Waals surface area contributed by atoms with Crippen LogP contribution in [0.25, 0.3) is 0 Å². The molecule has 0 saturated carbocycles. The van der Waals surface area contributed by atoms with Crippen molar-refractivity contribution in [3.63, 3.8) is 0 Å². The Hall–Kier alpha value is -2.28. The van der Waals surface area contributed by atoms with Gasteiger partial charge in [0.25, 0.3) is 5.91 Å². The average molecular weight is 604 g/mol. The third-order valence-electron chi connectivity index (χ3n) is 5.44. The van der Waals surface area contributed by atoms with E-state index in [9.17, 15) is 22.4 Å². The average Bonchev–Trinajstić information content (AvgIpc) is 2.94. The first-order valence-corrected chi connectivity index (χ1v) is 16.6. The maximum Gasteiger partial charge on any atom is 0.276 e. The van der Waals surface area contributed by atoms with Gasteiger partial charge in [-0.05, 0) is 77.2 Å². The molecule has 230 valence electrons. The van der Waals surface area contributed by atoms with Gasteiger partial charge in [-0.3, -0.25) is 4.79 Å². The molecule has 2 rings (SSSR count). The van der Waals surface area contributed by atoms with Gasteiger partial charge >= 0.3 is 0 Å². The van der Waals surface area contributed by atoms with Crippen molar-refractivity contribution in [3.05, 3.63) is 40.8 Å². The number of sulfone groups is 1. The Kier molecular flexibility index (Phi) is 23.3. The number of rotatable bonds is 9. The number of halogens is 1. The molecule has 12 heteroatoms. The van der Waals surface area contributed by atoms with Gasteiger partial charge in [0.05, 0.1) is 18.1 Å². The Morgan fingerprint density at radius 3 is 2.40 bits per heavy atom. The van der Waals surface area contributed by atoms with E-state index in [1.165, 1.54) is 30.9 Å². The van der Waals surface area contributed by atoms with Gasteiger partial charge in [-0.15, -0.1) is 11.8 Å². The highest BCUT2D eigenvalue weighted by molar-refractivity contribution is 8.15. The molecule has 0 bridgehead atoms. The molecule has 1 saturated heterocycles. The maximum absolute atomic E-state index is 12.8. The minimum Gasteiger partial charge on any atom is -0.378 e. The van der Waals surface area contributed by atoms with Crippen molar-refractivity contribution in [1.29, 1.82) is 0 Å². The second kappa shape index (κ2) is 23.4. The summed E-state index contributed by atoms with van der Waals surface area (Å²) in [6.07, 6.45) is 5.37. The van der Waals surface area contributed by atoms with Gasteiger partial charge in [0.2, 0.25) is 0 Å². The molecule has 0 spiro atoms. The zero-order valence-corrected chi connectivity index (χ0v) is 27.0. The van der Waals surface area contributed by atoms with E-state index in [1.54, 1.807) is 12.3 Å². The largest absolute Gasteiger partial charge is 0.378 e. The summed E-state index contributed by atoms with van der Waals surface area (Å²) in [5, 5.41) is 9.17. The monoisotopic (exact) mass is 603 g/mol. The Labute approximate surface area is 245 Å². The molecule has 40 heavy (non-hydrogen) atoms. The van der Waals surface area contributed by atoms with E-state index in [4.69, 9.17) is 0 Å². The number of carbonyl (C=O) groups is 2. The van der Waals surface area contributed by atoms with Crippen LogP contribution in [0.3, 0.4) is 0 Å².